The number of alkyl halides is 1. The molecule has 0 bridgehead atoms. The SMILES string of the molecule is CC1(C)CC1Cn1c(CCCl)nc2c(Cl)cccc21. The molecule has 102 valence electrons. The van der Waals surface area contributed by atoms with Gasteiger partial charge < -0.3 is 4.57 Å². The second-order valence-corrected chi connectivity index (χ2v) is 6.86. The van der Waals surface area contributed by atoms with Crippen LogP contribution in [0.25, 0.3) is 11.0 Å². The maximum Gasteiger partial charge on any atom is 0.111 e. The molecular formula is C15H18Cl2N2. The van der Waals surface area contributed by atoms with Gasteiger partial charge in [0.1, 0.15) is 11.3 Å². The number of para-hydroxylation sites is 1. The molecule has 0 spiro atoms. The van der Waals surface area contributed by atoms with Crippen molar-refractivity contribution in [3.63, 3.8) is 0 Å². The molecule has 1 atom stereocenters. The molecule has 0 amide bonds. The third kappa shape index (κ3) is 2.36. The van der Waals surface area contributed by atoms with E-state index in [0.717, 1.165) is 40.8 Å². The van der Waals surface area contributed by atoms with Crippen molar-refractivity contribution in [3.05, 3.63) is 29.0 Å². The minimum atomic E-state index is 0.466. The largest absolute Gasteiger partial charge is 0.328 e. The van der Waals surface area contributed by atoms with Crippen LogP contribution < -0.4 is 0 Å². The summed E-state index contributed by atoms with van der Waals surface area (Å²) < 4.78 is 2.31. The topological polar surface area (TPSA) is 17.8 Å². The van der Waals surface area contributed by atoms with Crippen LogP contribution in [0.5, 0.6) is 0 Å². The second-order valence-electron chi connectivity index (χ2n) is 6.07. The normalized spacial score (nSPS) is 20.9. The Morgan fingerprint density at radius 3 is 2.79 bits per heavy atom. The van der Waals surface area contributed by atoms with Gasteiger partial charge in [0, 0.05) is 18.8 Å². The molecule has 1 saturated carbocycles. The number of halogens is 2. The van der Waals surface area contributed by atoms with E-state index in [4.69, 9.17) is 23.2 Å². The Morgan fingerprint density at radius 2 is 2.16 bits per heavy atom. The molecule has 1 fully saturated rings. The molecule has 0 saturated heterocycles. The van der Waals surface area contributed by atoms with E-state index in [1.54, 1.807) is 0 Å². The Kier molecular flexibility index (Phi) is 3.26. The Morgan fingerprint density at radius 1 is 1.42 bits per heavy atom. The number of fused-ring (bicyclic) bond motifs is 1. The zero-order valence-corrected chi connectivity index (χ0v) is 12.8. The number of imidazole rings is 1. The molecular weight excluding hydrogens is 279 g/mol. The van der Waals surface area contributed by atoms with Gasteiger partial charge in [0.15, 0.2) is 0 Å². The third-order valence-corrected chi connectivity index (χ3v) is 4.74. The lowest BCUT2D eigenvalue weighted by atomic mass is 10.1. The summed E-state index contributed by atoms with van der Waals surface area (Å²) in [5.74, 6) is 2.38. The van der Waals surface area contributed by atoms with Gasteiger partial charge in [0.2, 0.25) is 0 Å². The summed E-state index contributed by atoms with van der Waals surface area (Å²) in [5, 5.41) is 0.724. The fourth-order valence-electron chi connectivity index (χ4n) is 2.75. The molecule has 1 unspecified atom stereocenters. The molecule has 1 aliphatic carbocycles. The Bertz CT molecular complexity index is 616. The fourth-order valence-corrected chi connectivity index (χ4v) is 3.13. The first-order valence-electron chi connectivity index (χ1n) is 6.72. The van der Waals surface area contributed by atoms with Gasteiger partial charge in [-0.15, -0.1) is 11.6 Å². The number of aromatic nitrogens is 2. The van der Waals surface area contributed by atoms with Gasteiger partial charge in [-0.1, -0.05) is 31.5 Å². The summed E-state index contributed by atoms with van der Waals surface area (Å²) in [6.07, 6.45) is 2.08. The van der Waals surface area contributed by atoms with Crippen LogP contribution in [0.15, 0.2) is 18.2 Å². The molecule has 1 aliphatic rings. The van der Waals surface area contributed by atoms with Crippen LogP contribution >= 0.6 is 23.2 Å². The van der Waals surface area contributed by atoms with Crippen LogP contribution in [0.1, 0.15) is 26.1 Å². The zero-order chi connectivity index (χ0) is 13.6. The van der Waals surface area contributed by atoms with Crippen LogP contribution in [0.3, 0.4) is 0 Å². The van der Waals surface area contributed by atoms with Gasteiger partial charge in [-0.25, -0.2) is 4.98 Å². The number of benzene rings is 1. The molecule has 0 radical (unpaired) electrons. The maximum absolute atomic E-state index is 6.24. The van der Waals surface area contributed by atoms with E-state index in [9.17, 15) is 0 Å². The molecule has 4 heteroatoms. The fraction of sp³-hybridized carbons (Fsp3) is 0.533. The molecule has 19 heavy (non-hydrogen) atoms. The van der Waals surface area contributed by atoms with E-state index in [1.165, 1.54) is 6.42 Å². The van der Waals surface area contributed by atoms with Crippen molar-refractivity contribution in [2.45, 2.75) is 33.2 Å². The highest BCUT2D eigenvalue weighted by Gasteiger charge is 2.45. The maximum atomic E-state index is 6.24. The number of rotatable bonds is 4. The number of nitrogens with zero attached hydrogens (tertiary/aromatic N) is 2. The highest BCUT2D eigenvalue weighted by atomic mass is 35.5. The first kappa shape index (κ1) is 13.3. The summed E-state index contributed by atoms with van der Waals surface area (Å²) in [6, 6.07) is 5.99. The highest BCUT2D eigenvalue weighted by molar-refractivity contribution is 6.34. The summed E-state index contributed by atoms with van der Waals surface area (Å²) in [5.41, 5.74) is 2.51. The lowest BCUT2D eigenvalue weighted by Gasteiger charge is -2.10. The predicted octanol–water partition coefficient (Wildman–Crippen LogP) is 4.52. The monoisotopic (exact) mass is 296 g/mol. The summed E-state index contributed by atoms with van der Waals surface area (Å²) in [7, 11) is 0. The van der Waals surface area contributed by atoms with Crippen LogP contribution in [0, 0.1) is 11.3 Å². The first-order valence-corrected chi connectivity index (χ1v) is 7.64. The Balaban J connectivity index is 2.04. The quantitative estimate of drug-likeness (QED) is 0.759. The lowest BCUT2D eigenvalue weighted by Crippen LogP contribution is -2.08. The molecule has 1 heterocycles. The molecule has 3 rings (SSSR count). The van der Waals surface area contributed by atoms with E-state index < -0.39 is 0 Å². The van der Waals surface area contributed by atoms with E-state index in [0.29, 0.717) is 11.3 Å². The minimum Gasteiger partial charge on any atom is -0.328 e. The molecule has 1 aromatic carbocycles. The third-order valence-electron chi connectivity index (χ3n) is 4.25. The summed E-state index contributed by atoms with van der Waals surface area (Å²) in [4.78, 5) is 4.68. The van der Waals surface area contributed by atoms with E-state index in [1.807, 2.05) is 12.1 Å². The van der Waals surface area contributed by atoms with Crippen LogP contribution in [-0.4, -0.2) is 15.4 Å². The molecule has 1 aromatic heterocycles. The standard InChI is InChI=1S/C15H18Cl2N2/c1-15(2)8-10(15)9-19-12-5-3-4-11(17)14(12)18-13(19)6-7-16/h3-5,10H,6-9H2,1-2H3. The lowest BCUT2D eigenvalue weighted by molar-refractivity contribution is 0.496. The number of hydrogen-bond donors (Lipinski definition) is 0. The van der Waals surface area contributed by atoms with Crippen molar-refractivity contribution in [3.8, 4) is 0 Å². The Hall–Kier alpha value is -0.730. The predicted molar refractivity (Wildman–Crippen MR) is 81.1 cm³/mol. The van der Waals surface area contributed by atoms with Crippen molar-refractivity contribution in [2.24, 2.45) is 11.3 Å². The van der Waals surface area contributed by atoms with Crippen LogP contribution in [-0.2, 0) is 13.0 Å². The van der Waals surface area contributed by atoms with Crippen LogP contribution in [0.2, 0.25) is 5.02 Å². The van der Waals surface area contributed by atoms with Crippen molar-refractivity contribution in [2.75, 3.05) is 5.88 Å². The van der Waals surface area contributed by atoms with Gasteiger partial charge >= 0.3 is 0 Å². The molecule has 0 N–H and O–H groups in total. The Labute approximate surface area is 123 Å². The number of hydrogen-bond acceptors (Lipinski definition) is 1. The number of aryl methyl sites for hydroxylation is 1. The first-order chi connectivity index (χ1) is 9.03. The smallest absolute Gasteiger partial charge is 0.111 e. The van der Waals surface area contributed by atoms with E-state index in [-0.39, 0.29) is 0 Å². The van der Waals surface area contributed by atoms with Gasteiger partial charge in [-0.05, 0) is 29.9 Å². The second kappa shape index (κ2) is 4.68. The van der Waals surface area contributed by atoms with Crippen molar-refractivity contribution in [1.29, 1.82) is 0 Å². The van der Waals surface area contributed by atoms with Gasteiger partial charge in [0.25, 0.3) is 0 Å². The van der Waals surface area contributed by atoms with Crippen LogP contribution in [0.4, 0.5) is 0 Å². The average molecular weight is 297 g/mol. The summed E-state index contributed by atoms with van der Waals surface area (Å²) >= 11 is 12.1. The average Bonchev–Trinajstić information content (AvgIpc) is 2.79. The zero-order valence-electron chi connectivity index (χ0n) is 11.3. The van der Waals surface area contributed by atoms with Gasteiger partial charge in [0.05, 0.1) is 10.5 Å². The van der Waals surface area contributed by atoms with E-state index >= 15 is 0 Å². The minimum absolute atomic E-state index is 0.466. The van der Waals surface area contributed by atoms with Gasteiger partial charge in [-0.2, -0.15) is 0 Å². The van der Waals surface area contributed by atoms with Crippen molar-refractivity contribution < 1.29 is 0 Å². The molecule has 2 aromatic rings. The molecule has 0 aliphatic heterocycles. The van der Waals surface area contributed by atoms with Crippen molar-refractivity contribution in [1.82, 2.24) is 9.55 Å². The highest BCUT2D eigenvalue weighted by Crippen LogP contribution is 2.52. The van der Waals surface area contributed by atoms with Gasteiger partial charge in [-0.3, -0.25) is 0 Å². The molecule has 2 nitrogen and oxygen atoms in total. The van der Waals surface area contributed by atoms with E-state index in [2.05, 4.69) is 29.5 Å². The van der Waals surface area contributed by atoms with Crippen molar-refractivity contribution >= 4 is 34.2 Å². The summed E-state index contributed by atoms with van der Waals surface area (Å²) in [6.45, 7) is 5.67.